The van der Waals surface area contributed by atoms with Crippen molar-refractivity contribution >= 4 is 27.5 Å². The van der Waals surface area contributed by atoms with E-state index in [-0.39, 0.29) is 0 Å². The predicted octanol–water partition coefficient (Wildman–Crippen LogP) is 3.22. The number of hydrogen-bond donors (Lipinski definition) is 1. The standard InChI is InChI=1S/C10H8BrClN2O/c11-8-2-1-6(12)3-7(8)10-9(4-13)14-5-15-10/h1-3,5H,4,13H2. The zero-order valence-corrected chi connectivity index (χ0v) is 10.0. The summed E-state index contributed by atoms with van der Waals surface area (Å²) in [5, 5.41) is 0.646. The average molecular weight is 288 g/mol. The number of rotatable bonds is 2. The van der Waals surface area contributed by atoms with Crippen LogP contribution in [-0.4, -0.2) is 4.98 Å². The molecule has 3 nitrogen and oxygen atoms in total. The summed E-state index contributed by atoms with van der Waals surface area (Å²) in [6, 6.07) is 5.47. The highest BCUT2D eigenvalue weighted by atomic mass is 79.9. The van der Waals surface area contributed by atoms with Crippen LogP contribution >= 0.6 is 27.5 Å². The highest BCUT2D eigenvalue weighted by Gasteiger charge is 2.12. The van der Waals surface area contributed by atoms with Gasteiger partial charge in [-0.2, -0.15) is 0 Å². The topological polar surface area (TPSA) is 52.0 Å². The largest absolute Gasteiger partial charge is 0.443 e. The fraction of sp³-hybridized carbons (Fsp3) is 0.100. The van der Waals surface area contributed by atoms with Crippen LogP contribution in [0, 0.1) is 0 Å². The molecule has 0 aliphatic heterocycles. The zero-order valence-electron chi connectivity index (χ0n) is 7.71. The predicted molar refractivity (Wildman–Crippen MR) is 62.5 cm³/mol. The maximum absolute atomic E-state index is 5.92. The molecule has 0 saturated heterocycles. The Kier molecular flexibility index (Phi) is 3.09. The quantitative estimate of drug-likeness (QED) is 0.922. The van der Waals surface area contributed by atoms with Crippen LogP contribution in [0.3, 0.4) is 0 Å². The van der Waals surface area contributed by atoms with Gasteiger partial charge in [-0.05, 0) is 18.2 Å². The third-order valence-corrected chi connectivity index (χ3v) is 2.93. The van der Waals surface area contributed by atoms with Gasteiger partial charge < -0.3 is 10.2 Å². The first-order chi connectivity index (χ1) is 7.22. The summed E-state index contributed by atoms with van der Waals surface area (Å²) in [5.41, 5.74) is 7.13. The normalized spacial score (nSPS) is 10.6. The molecule has 1 aromatic carbocycles. The van der Waals surface area contributed by atoms with Gasteiger partial charge in [0, 0.05) is 21.6 Å². The molecule has 2 rings (SSSR count). The molecule has 0 aliphatic rings. The van der Waals surface area contributed by atoms with E-state index in [0.717, 1.165) is 15.7 Å². The van der Waals surface area contributed by atoms with Gasteiger partial charge in [0.15, 0.2) is 12.2 Å². The van der Waals surface area contributed by atoms with Crippen molar-refractivity contribution in [3.63, 3.8) is 0 Å². The highest BCUT2D eigenvalue weighted by Crippen LogP contribution is 2.32. The van der Waals surface area contributed by atoms with E-state index in [1.807, 2.05) is 12.1 Å². The molecule has 0 aliphatic carbocycles. The fourth-order valence-electron chi connectivity index (χ4n) is 1.31. The first kappa shape index (κ1) is 10.7. The van der Waals surface area contributed by atoms with Crippen molar-refractivity contribution in [2.75, 3.05) is 0 Å². The summed E-state index contributed by atoms with van der Waals surface area (Å²) >= 11 is 9.34. The third kappa shape index (κ3) is 2.07. The molecule has 2 aromatic rings. The van der Waals surface area contributed by atoms with E-state index >= 15 is 0 Å². The van der Waals surface area contributed by atoms with Gasteiger partial charge in [-0.1, -0.05) is 27.5 Å². The lowest BCUT2D eigenvalue weighted by Gasteiger charge is -2.02. The van der Waals surface area contributed by atoms with Crippen molar-refractivity contribution in [2.24, 2.45) is 5.73 Å². The highest BCUT2D eigenvalue weighted by molar-refractivity contribution is 9.10. The SMILES string of the molecule is NCc1ncoc1-c1cc(Cl)ccc1Br. The molecule has 0 fully saturated rings. The minimum absolute atomic E-state index is 0.338. The maximum Gasteiger partial charge on any atom is 0.181 e. The van der Waals surface area contributed by atoms with Gasteiger partial charge in [-0.25, -0.2) is 4.98 Å². The van der Waals surface area contributed by atoms with Gasteiger partial charge in [0.1, 0.15) is 5.69 Å². The first-order valence-corrected chi connectivity index (χ1v) is 5.47. The smallest absolute Gasteiger partial charge is 0.181 e. The maximum atomic E-state index is 5.92. The summed E-state index contributed by atoms with van der Waals surface area (Å²) < 4.78 is 6.20. The lowest BCUT2D eigenvalue weighted by atomic mass is 10.1. The number of nitrogens with two attached hydrogens (primary N) is 1. The van der Waals surface area contributed by atoms with E-state index in [0.29, 0.717) is 17.3 Å². The molecule has 5 heteroatoms. The van der Waals surface area contributed by atoms with Gasteiger partial charge in [0.25, 0.3) is 0 Å². The molecule has 2 N–H and O–H groups in total. The van der Waals surface area contributed by atoms with Crippen LogP contribution < -0.4 is 5.73 Å². The van der Waals surface area contributed by atoms with Crippen molar-refractivity contribution in [3.05, 3.63) is 39.8 Å². The Morgan fingerprint density at radius 2 is 2.27 bits per heavy atom. The summed E-state index contributed by atoms with van der Waals surface area (Å²) in [7, 11) is 0. The van der Waals surface area contributed by atoms with Crippen LogP contribution in [0.5, 0.6) is 0 Å². The minimum Gasteiger partial charge on any atom is -0.443 e. The molecule has 0 spiro atoms. The average Bonchev–Trinajstić information content (AvgIpc) is 2.69. The van der Waals surface area contributed by atoms with Crippen molar-refractivity contribution < 1.29 is 4.42 Å². The Hall–Kier alpha value is -0.840. The Balaban J connectivity index is 2.58. The first-order valence-electron chi connectivity index (χ1n) is 4.30. The molecular weight excluding hydrogens is 279 g/mol. The summed E-state index contributed by atoms with van der Waals surface area (Å²) in [5.74, 6) is 0.659. The number of hydrogen-bond acceptors (Lipinski definition) is 3. The van der Waals surface area contributed by atoms with E-state index in [2.05, 4.69) is 20.9 Å². The van der Waals surface area contributed by atoms with Gasteiger partial charge in [-0.3, -0.25) is 0 Å². The third-order valence-electron chi connectivity index (χ3n) is 2.01. The van der Waals surface area contributed by atoms with E-state index in [9.17, 15) is 0 Å². The fourth-order valence-corrected chi connectivity index (χ4v) is 1.90. The molecule has 0 amide bonds. The molecule has 1 heterocycles. The van der Waals surface area contributed by atoms with Gasteiger partial charge >= 0.3 is 0 Å². The Morgan fingerprint density at radius 1 is 1.47 bits per heavy atom. The summed E-state index contributed by atoms with van der Waals surface area (Å²) in [6.45, 7) is 0.338. The zero-order chi connectivity index (χ0) is 10.8. The monoisotopic (exact) mass is 286 g/mol. The number of halogens is 2. The molecule has 78 valence electrons. The number of aromatic nitrogens is 1. The Bertz CT molecular complexity index is 484. The number of benzene rings is 1. The van der Waals surface area contributed by atoms with Crippen molar-refractivity contribution in [2.45, 2.75) is 6.54 Å². The molecule has 0 bridgehead atoms. The van der Waals surface area contributed by atoms with Gasteiger partial charge in [0.2, 0.25) is 0 Å². The second-order valence-corrected chi connectivity index (χ2v) is 4.25. The van der Waals surface area contributed by atoms with Gasteiger partial charge in [0.05, 0.1) is 0 Å². The van der Waals surface area contributed by atoms with Crippen molar-refractivity contribution in [1.29, 1.82) is 0 Å². The van der Waals surface area contributed by atoms with E-state index < -0.39 is 0 Å². The molecule has 15 heavy (non-hydrogen) atoms. The lowest BCUT2D eigenvalue weighted by molar-refractivity contribution is 0.570. The molecule has 1 aromatic heterocycles. The minimum atomic E-state index is 0.338. The lowest BCUT2D eigenvalue weighted by Crippen LogP contribution is -1.98. The number of oxazole rings is 1. The van der Waals surface area contributed by atoms with Crippen LogP contribution in [0.25, 0.3) is 11.3 Å². The van der Waals surface area contributed by atoms with Crippen LogP contribution in [0.1, 0.15) is 5.69 Å². The molecule has 0 unspecified atom stereocenters. The molecular formula is C10H8BrClN2O. The summed E-state index contributed by atoms with van der Waals surface area (Å²) in [6.07, 6.45) is 1.38. The van der Waals surface area contributed by atoms with Gasteiger partial charge in [-0.15, -0.1) is 0 Å². The van der Waals surface area contributed by atoms with Crippen molar-refractivity contribution in [1.82, 2.24) is 4.98 Å². The van der Waals surface area contributed by atoms with E-state index in [1.54, 1.807) is 6.07 Å². The van der Waals surface area contributed by atoms with Crippen LogP contribution in [0.15, 0.2) is 33.5 Å². The molecule has 0 atom stereocenters. The molecule has 0 saturated carbocycles. The Labute approximate surface area is 100 Å². The van der Waals surface area contributed by atoms with E-state index in [1.165, 1.54) is 6.39 Å². The molecule has 0 radical (unpaired) electrons. The van der Waals surface area contributed by atoms with Crippen LogP contribution in [0.4, 0.5) is 0 Å². The van der Waals surface area contributed by atoms with E-state index in [4.69, 9.17) is 21.8 Å². The number of nitrogens with zero attached hydrogens (tertiary/aromatic N) is 1. The van der Waals surface area contributed by atoms with Crippen LogP contribution in [0.2, 0.25) is 5.02 Å². The second kappa shape index (κ2) is 4.35. The summed E-state index contributed by atoms with van der Waals surface area (Å²) in [4.78, 5) is 4.03. The Morgan fingerprint density at radius 3 is 3.00 bits per heavy atom. The second-order valence-electron chi connectivity index (χ2n) is 2.96. The van der Waals surface area contributed by atoms with Crippen LogP contribution in [-0.2, 0) is 6.54 Å². The van der Waals surface area contributed by atoms with Crippen molar-refractivity contribution in [3.8, 4) is 11.3 Å².